The van der Waals surface area contributed by atoms with Crippen LogP contribution in [0.25, 0.3) is 0 Å². The van der Waals surface area contributed by atoms with E-state index in [4.69, 9.17) is 4.74 Å². The van der Waals surface area contributed by atoms with Gasteiger partial charge in [-0.2, -0.15) is 17.6 Å². The molecule has 0 spiro atoms. The van der Waals surface area contributed by atoms with Crippen LogP contribution in [0.2, 0.25) is 0 Å². The summed E-state index contributed by atoms with van der Waals surface area (Å²) in [6.45, 7) is 2.22. The molecule has 0 saturated heterocycles. The minimum Gasteiger partial charge on any atom is -0.450 e. The lowest BCUT2D eigenvalue weighted by Gasteiger charge is -2.42. The fourth-order valence-electron chi connectivity index (χ4n) is 5.44. The van der Waals surface area contributed by atoms with Gasteiger partial charge in [0, 0.05) is 5.92 Å². The molecule has 2 saturated carbocycles. The summed E-state index contributed by atoms with van der Waals surface area (Å²) in [4.78, 5) is 0. The predicted octanol–water partition coefficient (Wildman–Crippen LogP) is 8.10. The number of unbranched alkanes of at least 4 members (excludes halogenated alkanes) is 1. The van der Waals surface area contributed by atoms with Crippen LogP contribution in [0.5, 0.6) is 5.75 Å². The summed E-state index contributed by atoms with van der Waals surface area (Å²) in [7, 11) is 0. The van der Waals surface area contributed by atoms with Gasteiger partial charge < -0.3 is 4.74 Å². The van der Waals surface area contributed by atoms with Crippen molar-refractivity contribution in [3.63, 3.8) is 0 Å². The summed E-state index contributed by atoms with van der Waals surface area (Å²) in [6, 6.07) is 7.54. The van der Waals surface area contributed by atoms with Crippen molar-refractivity contribution in [3.8, 4) is 5.75 Å². The fraction of sp³-hybridized carbons (Fsp3) is 0.750. The van der Waals surface area contributed by atoms with Crippen LogP contribution in [0, 0.1) is 23.7 Å². The SMILES string of the molecule is CCCCC1CCC(C2CCC(C(F)(Oc3ccccc3)C(F)(F)F)CC2)CC1. The molecule has 0 aliphatic heterocycles. The zero-order chi connectivity index (χ0) is 20.9. The van der Waals surface area contributed by atoms with Gasteiger partial charge in [-0.15, -0.1) is 0 Å². The van der Waals surface area contributed by atoms with Gasteiger partial charge in [-0.3, -0.25) is 0 Å². The molecule has 2 aliphatic rings. The Balaban J connectivity index is 1.56. The highest BCUT2D eigenvalue weighted by Crippen LogP contribution is 2.50. The van der Waals surface area contributed by atoms with Gasteiger partial charge >= 0.3 is 12.0 Å². The molecule has 2 fully saturated rings. The van der Waals surface area contributed by atoms with Crippen molar-refractivity contribution in [2.75, 3.05) is 0 Å². The molecule has 1 nitrogen and oxygen atoms in total. The second kappa shape index (κ2) is 9.70. The highest BCUT2D eigenvalue weighted by atomic mass is 19.4. The van der Waals surface area contributed by atoms with Gasteiger partial charge in [-0.1, -0.05) is 57.2 Å². The Labute approximate surface area is 172 Å². The minimum absolute atomic E-state index is 0.0696. The Bertz CT molecular complexity index is 601. The van der Waals surface area contributed by atoms with E-state index < -0.39 is 17.9 Å². The summed E-state index contributed by atoms with van der Waals surface area (Å²) in [5.41, 5.74) is 0. The second-order valence-corrected chi connectivity index (χ2v) is 9.09. The monoisotopic (exact) mass is 414 g/mol. The number of halogens is 4. The first-order chi connectivity index (χ1) is 13.8. The zero-order valence-corrected chi connectivity index (χ0v) is 17.4. The Morgan fingerprint density at radius 2 is 1.38 bits per heavy atom. The van der Waals surface area contributed by atoms with Crippen molar-refractivity contribution in [3.05, 3.63) is 30.3 Å². The highest BCUT2D eigenvalue weighted by Gasteiger charge is 2.63. The Morgan fingerprint density at radius 1 is 0.828 bits per heavy atom. The van der Waals surface area contributed by atoms with E-state index in [-0.39, 0.29) is 18.6 Å². The van der Waals surface area contributed by atoms with Gasteiger partial charge in [0.05, 0.1) is 0 Å². The molecule has 0 radical (unpaired) electrons. The molecule has 5 heteroatoms. The van der Waals surface area contributed by atoms with Crippen LogP contribution in [0.1, 0.15) is 77.6 Å². The maximum atomic E-state index is 15.3. The van der Waals surface area contributed by atoms with Crippen molar-refractivity contribution in [2.45, 2.75) is 89.6 Å². The van der Waals surface area contributed by atoms with Crippen molar-refractivity contribution < 1.29 is 22.3 Å². The predicted molar refractivity (Wildman–Crippen MR) is 107 cm³/mol. The molecule has 164 valence electrons. The third-order valence-electron chi connectivity index (χ3n) is 7.22. The molecule has 0 heterocycles. The smallest absolute Gasteiger partial charge is 0.450 e. The van der Waals surface area contributed by atoms with E-state index in [1.54, 1.807) is 18.2 Å². The Kier molecular flexibility index (Phi) is 7.50. The van der Waals surface area contributed by atoms with Gasteiger partial charge in [0.1, 0.15) is 5.75 Å². The quantitative estimate of drug-likeness (QED) is 0.410. The molecular weight excluding hydrogens is 380 g/mol. The lowest BCUT2D eigenvalue weighted by Crippen LogP contribution is -2.53. The minimum atomic E-state index is -5.04. The number of hydrogen-bond acceptors (Lipinski definition) is 1. The molecular formula is C24H34F4O. The molecule has 1 unspecified atom stereocenters. The van der Waals surface area contributed by atoms with Gasteiger partial charge in [-0.05, 0) is 68.4 Å². The average molecular weight is 415 g/mol. The number of alkyl halides is 4. The maximum Gasteiger partial charge on any atom is 0.460 e. The van der Waals surface area contributed by atoms with Crippen molar-refractivity contribution >= 4 is 0 Å². The summed E-state index contributed by atoms with van der Waals surface area (Å²) in [6.07, 6.45) is 5.48. The summed E-state index contributed by atoms with van der Waals surface area (Å²) >= 11 is 0. The summed E-state index contributed by atoms with van der Waals surface area (Å²) < 4.78 is 61.2. The summed E-state index contributed by atoms with van der Waals surface area (Å²) in [5, 5.41) is 0. The highest BCUT2D eigenvalue weighted by molar-refractivity contribution is 5.22. The molecule has 0 aromatic heterocycles. The van der Waals surface area contributed by atoms with E-state index in [1.807, 2.05) is 0 Å². The molecule has 3 rings (SSSR count). The van der Waals surface area contributed by atoms with Gasteiger partial charge in [0.2, 0.25) is 0 Å². The van der Waals surface area contributed by atoms with Gasteiger partial charge in [0.15, 0.2) is 0 Å². The Hall–Kier alpha value is -1.26. The van der Waals surface area contributed by atoms with E-state index in [2.05, 4.69) is 6.92 Å². The second-order valence-electron chi connectivity index (χ2n) is 9.09. The summed E-state index contributed by atoms with van der Waals surface area (Å²) in [5.74, 6) is -2.96. The van der Waals surface area contributed by atoms with Crippen LogP contribution in [0.4, 0.5) is 17.6 Å². The lowest BCUT2D eigenvalue weighted by molar-refractivity contribution is -0.326. The van der Waals surface area contributed by atoms with Gasteiger partial charge in [-0.25, -0.2) is 0 Å². The molecule has 2 aliphatic carbocycles. The number of benzene rings is 1. The van der Waals surface area contributed by atoms with Crippen LogP contribution in [-0.4, -0.2) is 12.0 Å². The molecule has 0 N–H and O–H groups in total. The van der Waals surface area contributed by atoms with E-state index >= 15 is 4.39 Å². The Morgan fingerprint density at radius 3 is 1.90 bits per heavy atom. The van der Waals surface area contributed by atoms with Crippen LogP contribution in [0.15, 0.2) is 30.3 Å². The standard InChI is InChI=1S/C24H34F4O/c1-2-3-7-18-10-12-19(13-11-18)20-14-16-21(17-15-20)23(25,24(26,27)28)29-22-8-5-4-6-9-22/h4-6,8-9,18-21H,2-3,7,10-17H2,1H3. The third-order valence-corrected chi connectivity index (χ3v) is 7.22. The third kappa shape index (κ3) is 5.46. The normalized spacial score (nSPS) is 30.5. The van der Waals surface area contributed by atoms with Gasteiger partial charge in [0.25, 0.3) is 0 Å². The van der Waals surface area contributed by atoms with Crippen LogP contribution >= 0.6 is 0 Å². The number of para-hydroxylation sites is 1. The molecule has 1 aromatic carbocycles. The van der Waals surface area contributed by atoms with E-state index in [0.717, 1.165) is 5.92 Å². The number of rotatable bonds is 7. The van der Waals surface area contributed by atoms with Crippen LogP contribution in [0.3, 0.4) is 0 Å². The largest absolute Gasteiger partial charge is 0.460 e. The number of ether oxygens (including phenoxy) is 1. The molecule has 1 atom stereocenters. The maximum absolute atomic E-state index is 15.3. The van der Waals surface area contributed by atoms with Crippen molar-refractivity contribution in [2.24, 2.45) is 23.7 Å². The molecule has 1 aromatic rings. The molecule has 0 bridgehead atoms. The molecule has 0 amide bonds. The topological polar surface area (TPSA) is 9.23 Å². The number of hydrogen-bond donors (Lipinski definition) is 0. The first-order valence-electron chi connectivity index (χ1n) is 11.3. The van der Waals surface area contributed by atoms with Crippen molar-refractivity contribution in [1.29, 1.82) is 0 Å². The van der Waals surface area contributed by atoms with Crippen molar-refractivity contribution in [1.82, 2.24) is 0 Å². The zero-order valence-electron chi connectivity index (χ0n) is 17.4. The first kappa shape index (κ1) is 22.4. The lowest BCUT2D eigenvalue weighted by atomic mass is 9.67. The van der Waals surface area contributed by atoms with E-state index in [0.29, 0.717) is 24.7 Å². The van der Waals surface area contributed by atoms with Crippen LogP contribution < -0.4 is 4.74 Å². The average Bonchev–Trinajstić information content (AvgIpc) is 2.72. The van der Waals surface area contributed by atoms with Crippen LogP contribution in [-0.2, 0) is 0 Å². The fourth-order valence-corrected chi connectivity index (χ4v) is 5.44. The van der Waals surface area contributed by atoms with E-state index in [9.17, 15) is 13.2 Å². The molecule has 29 heavy (non-hydrogen) atoms. The van der Waals surface area contributed by atoms with E-state index in [1.165, 1.54) is 57.1 Å². The first-order valence-corrected chi connectivity index (χ1v) is 11.3.